The summed E-state index contributed by atoms with van der Waals surface area (Å²) < 4.78 is 0. The highest BCUT2D eigenvalue weighted by Gasteiger charge is 2.24. The molecule has 0 aromatic carbocycles. The van der Waals surface area contributed by atoms with Crippen molar-refractivity contribution in [1.29, 1.82) is 0 Å². The van der Waals surface area contributed by atoms with Crippen LogP contribution in [0.5, 0.6) is 0 Å². The van der Waals surface area contributed by atoms with Gasteiger partial charge in [0.15, 0.2) is 0 Å². The lowest BCUT2D eigenvalue weighted by Gasteiger charge is -2.29. The SMILES string of the molecule is CC1=CC(C)(C)C[C@H](O)C1. The molecule has 10 heavy (non-hydrogen) atoms. The van der Waals surface area contributed by atoms with Gasteiger partial charge in [0, 0.05) is 0 Å². The first-order chi connectivity index (χ1) is 4.49. The summed E-state index contributed by atoms with van der Waals surface area (Å²) in [7, 11) is 0. The second kappa shape index (κ2) is 2.39. The van der Waals surface area contributed by atoms with Crippen LogP contribution >= 0.6 is 0 Å². The topological polar surface area (TPSA) is 20.2 Å². The molecule has 1 nitrogen and oxygen atoms in total. The van der Waals surface area contributed by atoms with Crippen molar-refractivity contribution in [3.63, 3.8) is 0 Å². The van der Waals surface area contributed by atoms with Crippen LogP contribution in [0, 0.1) is 5.41 Å². The Kier molecular flexibility index (Phi) is 1.86. The Morgan fingerprint density at radius 1 is 1.60 bits per heavy atom. The maximum absolute atomic E-state index is 9.37. The summed E-state index contributed by atoms with van der Waals surface area (Å²) in [6.45, 7) is 6.42. The van der Waals surface area contributed by atoms with Crippen molar-refractivity contribution in [2.45, 2.75) is 39.7 Å². The number of aliphatic hydroxyl groups is 1. The minimum Gasteiger partial charge on any atom is -0.393 e. The molecule has 0 heterocycles. The number of hydrogen-bond donors (Lipinski definition) is 1. The van der Waals surface area contributed by atoms with Crippen LogP contribution in [0.25, 0.3) is 0 Å². The predicted molar refractivity (Wildman–Crippen MR) is 42.8 cm³/mol. The summed E-state index contributed by atoms with van der Waals surface area (Å²) in [5.74, 6) is 0. The van der Waals surface area contributed by atoms with Gasteiger partial charge in [0.25, 0.3) is 0 Å². The normalized spacial score (nSPS) is 31.6. The molecule has 1 N–H and O–H groups in total. The molecular weight excluding hydrogens is 124 g/mol. The average molecular weight is 140 g/mol. The van der Waals surface area contributed by atoms with E-state index in [9.17, 15) is 5.11 Å². The summed E-state index contributed by atoms with van der Waals surface area (Å²) in [6, 6.07) is 0. The van der Waals surface area contributed by atoms with E-state index in [1.54, 1.807) is 0 Å². The maximum atomic E-state index is 9.37. The minimum absolute atomic E-state index is 0.111. The van der Waals surface area contributed by atoms with Crippen molar-refractivity contribution in [3.8, 4) is 0 Å². The van der Waals surface area contributed by atoms with Gasteiger partial charge in [-0.3, -0.25) is 0 Å². The highest BCUT2D eigenvalue weighted by atomic mass is 16.3. The number of hydrogen-bond acceptors (Lipinski definition) is 1. The van der Waals surface area contributed by atoms with Crippen molar-refractivity contribution in [1.82, 2.24) is 0 Å². The fourth-order valence-electron chi connectivity index (χ4n) is 1.84. The number of aliphatic hydroxyl groups excluding tert-OH is 1. The molecule has 58 valence electrons. The van der Waals surface area contributed by atoms with E-state index in [2.05, 4.69) is 26.8 Å². The first-order valence-electron chi connectivity index (χ1n) is 3.86. The Morgan fingerprint density at radius 2 is 2.20 bits per heavy atom. The van der Waals surface area contributed by atoms with Crippen LogP contribution in [0.1, 0.15) is 33.6 Å². The Bertz CT molecular complexity index is 156. The fourth-order valence-corrected chi connectivity index (χ4v) is 1.84. The van der Waals surface area contributed by atoms with Crippen LogP contribution in [-0.2, 0) is 0 Å². The molecule has 0 aromatic heterocycles. The Hall–Kier alpha value is -0.300. The highest BCUT2D eigenvalue weighted by molar-refractivity contribution is 5.11. The molecule has 0 aromatic rings. The number of rotatable bonds is 0. The van der Waals surface area contributed by atoms with E-state index < -0.39 is 0 Å². The van der Waals surface area contributed by atoms with Gasteiger partial charge in [-0.2, -0.15) is 0 Å². The molecule has 1 heteroatoms. The molecule has 0 saturated heterocycles. The van der Waals surface area contributed by atoms with E-state index in [4.69, 9.17) is 0 Å². The van der Waals surface area contributed by atoms with E-state index in [0.717, 1.165) is 12.8 Å². The first kappa shape index (κ1) is 7.80. The second-order valence-corrected chi connectivity index (χ2v) is 4.04. The molecule has 0 radical (unpaired) electrons. The van der Waals surface area contributed by atoms with Gasteiger partial charge >= 0.3 is 0 Å². The summed E-state index contributed by atoms with van der Waals surface area (Å²) in [4.78, 5) is 0. The van der Waals surface area contributed by atoms with E-state index in [1.165, 1.54) is 5.57 Å². The third kappa shape index (κ3) is 1.84. The van der Waals surface area contributed by atoms with Gasteiger partial charge < -0.3 is 5.11 Å². The molecule has 1 atom stereocenters. The quantitative estimate of drug-likeness (QED) is 0.511. The van der Waals surface area contributed by atoms with Gasteiger partial charge in [-0.25, -0.2) is 0 Å². The van der Waals surface area contributed by atoms with Crippen LogP contribution in [-0.4, -0.2) is 11.2 Å². The predicted octanol–water partition coefficient (Wildman–Crippen LogP) is 2.11. The van der Waals surface area contributed by atoms with Gasteiger partial charge in [0.2, 0.25) is 0 Å². The maximum Gasteiger partial charge on any atom is 0.0585 e. The molecule has 0 spiro atoms. The summed E-state index contributed by atoms with van der Waals surface area (Å²) in [5, 5.41) is 9.37. The summed E-state index contributed by atoms with van der Waals surface area (Å²) in [5.41, 5.74) is 1.53. The van der Waals surface area contributed by atoms with Crippen LogP contribution in [0.15, 0.2) is 11.6 Å². The zero-order chi connectivity index (χ0) is 7.78. The molecule has 1 aliphatic carbocycles. The molecule has 0 amide bonds. The molecule has 0 unspecified atom stereocenters. The molecule has 0 saturated carbocycles. The third-order valence-electron chi connectivity index (χ3n) is 1.96. The van der Waals surface area contributed by atoms with Gasteiger partial charge in [0.1, 0.15) is 0 Å². The van der Waals surface area contributed by atoms with Crippen LogP contribution in [0.3, 0.4) is 0 Å². The lowest BCUT2D eigenvalue weighted by Crippen LogP contribution is -2.23. The smallest absolute Gasteiger partial charge is 0.0585 e. The van der Waals surface area contributed by atoms with Crippen LogP contribution < -0.4 is 0 Å². The Morgan fingerprint density at radius 3 is 2.60 bits per heavy atom. The van der Waals surface area contributed by atoms with Crippen molar-refractivity contribution < 1.29 is 5.11 Å². The summed E-state index contributed by atoms with van der Waals surface area (Å²) in [6.07, 6.45) is 3.92. The van der Waals surface area contributed by atoms with E-state index in [1.807, 2.05) is 0 Å². The largest absolute Gasteiger partial charge is 0.393 e. The van der Waals surface area contributed by atoms with Crippen molar-refractivity contribution in [3.05, 3.63) is 11.6 Å². The lowest BCUT2D eigenvalue weighted by atomic mass is 9.79. The third-order valence-corrected chi connectivity index (χ3v) is 1.96. The van der Waals surface area contributed by atoms with Crippen molar-refractivity contribution in [2.24, 2.45) is 5.41 Å². The molecule has 1 rings (SSSR count). The molecule has 1 aliphatic rings. The van der Waals surface area contributed by atoms with Crippen LogP contribution in [0.2, 0.25) is 0 Å². The molecule has 0 bridgehead atoms. The minimum atomic E-state index is -0.111. The van der Waals surface area contributed by atoms with Gasteiger partial charge in [-0.05, 0) is 25.2 Å². The van der Waals surface area contributed by atoms with Crippen molar-refractivity contribution >= 4 is 0 Å². The highest BCUT2D eigenvalue weighted by Crippen LogP contribution is 2.32. The Labute approximate surface area is 62.8 Å². The van der Waals surface area contributed by atoms with Crippen molar-refractivity contribution in [2.75, 3.05) is 0 Å². The fraction of sp³-hybridized carbons (Fsp3) is 0.778. The second-order valence-electron chi connectivity index (χ2n) is 4.04. The summed E-state index contributed by atoms with van der Waals surface area (Å²) >= 11 is 0. The number of allylic oxidation sites excluding steroid dienone is 1. The molecule has 0 fully saturated rings. The van der Waals surface area contributed by atoms with Gasteiger partial charge in [0.05, 0.1) is 6.10 Å². The average Bonchev–Trinajstić information content (AvgIpc) is 1.54. The van der Waals surface area contributed by atoms with E-state index in [0.29, 0.717) is 0 Å². The zero-order valence-corrected chi connectivity index (χ0v) is 7.02. The zero-order valence-electron chi connectivity index (χ0n) is 7.02. The standard InChI is InChI=1S/C9H16O/c1-7-4-8(10)6-9(2,3)5-7/h5,8,10H,4,6H2,1-3H3/t8-/m1/s1. The molecule has 0 aliphatic heterocycles. The van der Waals surface area contributed by atoms with Crippen LogP contribution in [0.4, 0.5) is 0 Å². The molecular formula is C9H16O. The Balaban J connectivity index is 2.74. The monoisotopic (exact) mass is 140 g/mol. The van der Waals surface area contributed by atoms with E-state index in [-0.39, 0.29) is 11.5 Å². The first-order valence-corrected chi connectivity index (χ1v) is 3.86. The van der Waals surface area contributed by atoms with Gasteiger partial charge in [-0.1, -0.05) is 25.5 Å². The van der Waals surface area contributed by atoms with Gasteiger partial charge in [-0.15, -0.1) is 0 Å². The lowest BCUT2D eigenvalue weighted by molar-refractivity contribution is 0.121. The van der Waals surface area contributed by atoms with E-state index >= 15 is 0 Å².